The van der Waals surface area contributed by atoms with Gasteiger partial charge in [-0.2, -0.15) is 0 Å². The normalized spacial score (nSPS) is 21.8. The fourth-order valence-electron chi connectivity index (χ4n) is 3.58. The zero-order valence-corrected chi connectivity index (χ0v) is 15.5. The van der Waals surface area contributed by atoms with Gasteiger partial charge < -0.3 is 0 Å². The number of hydrogen-bond donors (Lipinski definition) is 0. The van der Waals surface area contributed by atoms with Crippen molar-refractivity contribution < 1.29 is 17.4 Å². The van der Waals surface area contributed by atoms with Crippen LogP contribution in [0.2, 0.25) is 0 Å². The summed E-state index contributed by atoms with van der Waals surface area (Å²) in [5, 5.41) is 0. The van der Waals surface area contributed by atoms with Gasteiger partial charge in [0.15, 0.2) is 0 Å². The molecule has 2 saturated carbocycles. The van der Waals surface area contributed by atoms with Crippen molar-refractivity contribution in [2.75, 3.05) is 0 Å². The van der Waals surface area contributed by atoms with E-state index < -0.39 is 0 Å². The van der Waals surface area contributed by atoms with Gasteiger partial charge in [-0.25, -0.2) is 0 Å². The van der Waals surface area contributed by atoms with Gasteiger partial charge in [-0.05, 0) is 48.3 Å². The predicted octanol–water partition coefficient (Wildman–Crippen LogP) is 6.44. The van der Waals surface area contributed by atoms with Crippen LogP contribution in [-0.2, 0) is 17.4 Å². The van der Waals surface area contributed by atoms with Crippen molar-refractivity contribution in [3.63, 3.8) is 0 Å². The van der Waals surface area contributed by atoms with Gasteiger partial charge in [-0.3, -0.25) is 0 Å². The summed E-state index contributed by atoms with van der Waals surface area (Å²) in [5.74, 6) is 2.02. The van der Waals surface area contributed by atoms with Gasteiger partial charge in [0, 0.05) is 17.4 Å². The minimum absolute atomic E-state index is 0. The molecule has 0 amide bonds. The first-order valence-corrected chi connectivity index (χ1v) is 8.21. The molecule has 0 saturated heterocycles. The van der Waals surface area contributed by atoms with Gasteiger partial charge in [0.1, 0.15) is 0 Å². The van der Waals surface area contributed by atoms with E-state index in [1.54, 1.807) is 0 Å². The maximum Gasteiger partial charge on any atom is 0 e. The van der Waals surface area contributed by atoms with E-state index in [4.69, 9.17) is 0 Å². The van der Waals surface area contributed by atoms with Gasteiger partial charge in [0.05, 0.1) is 0 Å². The van der Waals surface area contributed by atoms with Gasteiger partial charge >= 0.3 is 0 Å². The summed E-state index contributed by atoms with van der Waals surface area (Å²) in [7, 11) is 0. The summed E-state index contributed by atoms with van der Waals surface area (Å²) in [6.45, 7) is 14.2. The summed E-state index contributed by atoms with van der Waals surface area (Å²) < 4.78 is 0. The van der Waals surface area contributed by atoms with E-state index in [0.717, 1.165) is 11.8 Å². The number of hydrogen-bond acceptors (Lipinski definition) is 0. The molecule has 1 heteroatoms. The second kappa shape index (κ2) is 8.09. The monoisotopic (exact) mass is 304 g/mol. The van der Waals surface area contributed by atoms with Crippen LogP contribution in [0.25, 0.3) is 0 Å². The fourth-order valence-corrected chi connectivity index (χ4v) is 3.58. The standard InChI is InChI=1S/2C9H18.Cr/c2*1-9(2,3)8-6-4-5-7-8;/h2*8H,4-7H2,1-3H3;. The predicted molar refractivity (Wildman–Crippen MR) is 82.8 cm³/mol. The molecule has 114 valence electrons. The second-order valence-electron chi connectivity index (χ2n) is 8.69. The van der Waals surface area contributed by atoms with E-state index in [0.29, 0.717) is 10.8 Å². The van der Waals surface area contributed by atoms with Crippen LogP contribution in [0.3, 0.4) is 0 Å². The molecule has 2 aliphatic rings. The molecule has 0 spiro atoms. The van der Waals surface area contributed by atoms with Gasteiger partial charge in [-0.1, -0.05) is 67.2 Å². The molecule has 19 heavy (non-hydrogen) atoms. The summed E-state index contributed by atoms with van der Waals surface area (Å²) in [6.07, 6.45) is 11.8. The SMILES string of the molecule is CC(C)(C)C1CCCC1.CC(C)(C)C1CCCC1.[Cr]. The average molecular weight is 304 g/mol. The third-order valence-corrected chi connectivity index (χ3v) is 5.16. The molecule has 2 rings (SSSR count). The Bertz CT molecular complexity index is 193. The molecule has 0 N–H and O–H groups in total. The minimum Gasteiger partial charge on any atom is -0.0599 e. The molecule has 0 unspecified atom stereocenters. The van der Waals surface area contributed by atoms with Crippen molar-refractivity contribution in [3.8, 4) is 0 Å². The third kappa shape index (κ3) is 7.20. The van der Waals surface area contributed by atoms with E-state index in [1.807, 2.05) is 0 Å². The Kier molecular flexibility index (Phi) is 8.32. The van der Waals surface area contributed by atoms with Crippen LogP contribution >= 0.6 is 0 Å². The van der Waals surface area contributed by atoms with Crippen LogP contribution in [0, 0.1) is 22.7 Å². The zero-order chi connectivity index (χ0) is 13.8. The molecule has 0 aromatic rings. The van der Waals surface area contributed by atoms with Crippen LogP contribution in [0.1, 0.15) is 92.9 Å². The summed E-state index contributed by atoms with van der Waals surface area (Å²) in [5.41, 5.74) is 1.16. The maximum absolute atomic E-state index is 2.36. The van der Waals surface area contributed by atoms with Crippen LogP contribution in [0.4, 0.5) is 0 Å². The molecule has 0 aromatic heterocycles. The molecule has 0 bridgehead atoms. The quantitative estimate of drug-likeness (QED) is 0.483. The molecular weight excluding hydrogens is 268 g/mol. The van der Waals surface area contributed by atoms with Crippen LogP contribution < -0.4 is 0 Å². The summed E-state index contributed by atoms with van der Waals surface area (Å²) >= 11 is 0. The molecule has 0 aliphatic heterocycles. The topological polar surface area (TPSA) is 0 Å². The Labute approximate surface area is 133 Å². The van der Waals surface area contributed by atoms with Gasteiger partial charge in [0.2, 0.25) is 0 Å². The Morgan fingerprint density at radius 3 is 0.842 bits per heavy atom. The van der Waals surface area contributed by atoms with Crippen molar-refractivity contribution in [3.05, 3.63) is 0 Å². The zero-order valence-electron chi connectivity index (χ0n) is 14.2. The summed E-state index contributed by atoms with van der Waals surface area (Å²) in [4.78, 5) is 0. The van der Waals surface area contributed by atoms with Crippen molar-refractivity contribution in [2.24, 2.45) is 22.7 Å². The average Bonchev–Trinajstić information content (AvgIpc) is 2.91. The van der Waals surface area contributed by atoms with Crippen LogP contribution in [0.15, 0.2) is 0 Å². The first kappa shape index (κ1) is 19.5. The fraction of sp³-hybridized carbons (Fsp3) is 1.00. The Balaban J connectivity index is 0.000000324. The molecule has 0 heterocycles. The molecule has 0 radical (unpaired) electrons. The first-order chi connectivity index (χ1) is 8.21. The van der Waals surface area contributed by atoms with Crippen molar-refractivity contribution in [1.29, 1.82) is 0 Å². The first-order valence-electron chi connectivity index (χ1n) is 8.21. The molecule has 2 aliphatic carbocycles. The van der Waals surface area contributed by atoms with Gasteiger partial charge in [0.25, 0.3) is 0 Å². The van der Waals surface area contributed by atoms with Crippen molar-refractivity contribution in [1.82, 2.24) is 0 Å². The molecular formula is C18H36Cr. The van der Waals surface area contributed by atoms with Crippen molar-refractivity contribution in [2.45, 2.75) is 92.9 Å². The van der Waals surface area contributed by atoms with E-state index in [-0.39, 0.29) is 17.4 Å². The Morgan fingerprint density at radius 1 is 0.526 bits per heavy atom. The van der Waals surface area contributed by atoms with Crippen molar-refractivity contribution >= 4 is 0 Å². The number of rotatable bonds is 0. The minimum atomic E-state index is 0. The summed E-state index contributed by atoms with van der Waals surface area (Å²) in [6, 6.07) is 0. The molecule has 0 nitrogen and oxygen atoms in total. The molecule has 0 atom stereocenters. The van der Waals surface area contributed by atoms with E-state index in [1.165, 1.54) is 51.4 Å². The Hall–Kier alpha value is 0.532. The molecule has 2 fully saturated rings. The van der Waals surface area contributed by atoms with E-state index in [2.05, 4.69) is 41.5 Å². The largest absolute Gasteiger partial charge is 0.0599 e. The van der Waals surface area contributed by atoms with Crippen LogP contribution in [-0.4, -0.2) is 0 Å². The second-order valence-corrected chi connectivity index (χ2v) is 8.69. The third-order valence-electron chi connectivity index (χ3n) is 5.16. The van der Waals surface area contributed by atoms with E-state index in [9.17, 15) is 0 Å². The maximum atomic E-state index is 2.36. The van der Waals surface area contributed by atoms with Gasteiger partial charge in [-0.15, -0.1) is 0 Å². The van der Waals surface area contributed by atoms with E-state index >= 15 is 0 Å². The van der Waals surface area contributed by atoms with Crippen LogP contribution in [0.5, 0.6) is 0 Å². The Morgan fingerprint density at radius 2 is 0.737 bits per heavy atom. The molecule has 0 aromatic carbocycles. The smallest absolute Gasteiger partial charge is 0 e.